The molecule has 2 N–H and O–H groups in total. The molecular weight excluding hydrogens is 238 g/mol. The Balaban J connectivity index is 1.69. The second-order valence-electron chi connectivity index (χ2n) is 5.79. The maximum atomic E-state index is 12.2. The molecule has 1 saturated carbocycles. The lowest BCUT2D eigenvalue weighted by atomic mass is 9.89. The van der Waals surface area contributed by atoms with Crippen molar-refractivity contribution in [2.45, 2.75) is 50.7 Å². The Bertz CT molecular complexity index is 472. The van der Waals surface area contributed by atoms with E-state index in [-0.39, 0.29) is 24.0 Å². The standard InChI is InChI=1S/C16H21NO2/c17-13-9-8-12(10-13)16(18)19-15-7-3-5-11-4-1-2-6-14(11)15/h1-2,4,6,12-13,15H,3,5,7-10,17H2/t12-,13+,15?/m1/s1. The first-order chi connectivity index (χ1) is 9.24. The molecule has 1 fully saturated rings. The fraction of sp³-hybridized carbons (Fsp3) is 0.562. The van der Waals surface area contributed by atoms with E-state index < -0.39 is 0 Å². The highest BCUT2D eigenvalue weighted by Gasteiger charge is 2.32. The predicted molar refractivity (Wildman–Crippen MR) is 73.5 cm³/mol. The number of ether oxygens (including phenoxy) is 1. The normalized spacial score (nSPS) is 29.8. The van der Waals surface area contributed by atoms with E-state index in [0.717, 1.165) is 38.5 Å². The molecule has 19 heavy (non-hydrogen) atoms. The average Bonchev–Trinajstić information content (AvgIpc) is 2.86. The molecule has 0 radical (unpaired) electrons. The van der Waals surface area contributed by atoms with E-state index in [0.29, 0.717) is 0 Å². The molecule has 2 aliphatic carbocycles. The smallest absolute Gasteiger partial charge is 0.309 e. The number of esters is 1. The van der Waals surface area contributed by atoms with Crippen LogP contribution in [0.2, 0.25) is 0 Å². The second-order valence-corrected chi connectivity index (χ2v) is 5.79. The number of rotatable bonds is 2. The first kappa shape index (κ1) is 12.7. The second kappa shape index (κ2) is 5.33. The fourth-order valence-corrected chi connectivity index (χ4v) is 3.30. The van der Waals surface area contributed by atoms with Crippen LogP contribution in [0.1, 0.15) is 49.3 Å². The lowest BCUT2D eigenvalue weighted by molar-refractivity contribution is -0.155. The Kier molecular flexibility index (Phi) is 3.56. The van der Waals surface area contributed by atoms with Crippen LogP contribution in [0.15, 0.2) is 24.3 Å². The number of benzene rings is 1. The number of aryl methyl sites for hydroxylation is 1. The van der Waals surface area contributed by atoms with Gasteiger partial charge in [-0.05, 0) is 49.7 Å². The molecule has 1 aromatic rings. The molecule has 1 unspecified atom stereocenters. The van der Waals surface area contributed by atoms with Crippen molar-refractivity contribution in [2.24, 2.45) is 11.7 Å². The maximum absolute atomic E-state index is 12.2. The van der Waals surface area contributed by atoms with Gasteiger partial charge in [0.25, 0.3) is 0 Å². The number of hydrogen-bond acceptors (Lipinski definition) is 3. The third kappa shape index (κ3) is 2.66. The number of nitrogens with two attached hydrogens (primary N) is 1. The molecule has 0 aromatic heterocycles. The molecular formula is C16H21NO2. The minimum Gasteiger partial charge on any atom is -0.457 e. The van der Waals surface area contributed by atoms with Gasteiger partial charge in [-0.1, -0.05) is 24.3 Å². The lowest BCUT2D eigenvalue weighted by Gasteiger charge is -2.26. The van der Waals surface area contributed by atoms with E-state index in [1.165, 1.54) is 11.1 Å². The molecule has 0 spiro atoms. The van der Waals surface area contributed by atoms with Crippen molar-refractivity contribution >= 4 is 5.97 Å². The van der Waals surface area contributed by atoms with Crippen molar-refractivity contribution in [3.63, 3.8) is 0 Å². The van der Waals surface area contributed by atoms with E-state index in [2.05, 4.69) is 18.2 Å². The predicted octanol–water partition coefficient (Wildman–Crippen LogP) is 2.73. The summed E-state index contributed by atoms with van der Waals surface area (Å²) in [5.74, 6) is -0.0289. The molecule has 0 aliphatic heterocycles. The van der Waals surface area contributed by atoms with Crippen molar-refractivity contribution in [2.75, 3.05) is 0 Å². The first-order valence-electron chi connectivity index (χ1n) is 7.28. The first-order valence-corrected chi connectivity index (χ1v) is 7.28. The van der Waals surface area contributed by atoms with Crippen LogP contribution >= 0.6 is 0 Å². The molecule has 3 rings (SSSR count). The molecule has 102 valence electrons. The van der Waals surface area contributed by atoms with Crippen LogP contribution in [0, 0.1) is 5.92 Å². The number of hydrogen-bond donors (Lipinski definition) is 1. The van der Waals surface area contributed by atoms with Crippen molar-refractivity contribution in [3.8, 4) is 0 Å². The molecule has 3 heteroatoms. The van der Waals surface area contributed by atoms with E-state index in [1.807, 2.05) is 6.07 Å². The summed E-state index contributed by atoms with van der Waals surface area (Å²) < 4.78 is 5.76. The van der Waals surface area contributed by atoms with Gasteiger partial charge >= 0.3 is 5.97 Å². The Morgan fingerprint density at radius 3 is 2.84 bits per heavy atom. The van der Waals surface area contributed by atoms with Crippen molar-refractivity contribution in [1.82, 2.24) is 0 Å². The van der Waals surface area contributed by atoms with Gasteiger partial charge in [-0.2, -0.15) is 0 Å². The Hall–Kier alpha value is -1.35. The third-order valence-electron chi connectivity index (χ3n) is 4.38. The highest BCUT2D eigenvalue weighted by Crippen LogP contribution is 2.34. The summed E-state index contributed by atoms with van der Waals surface area (Å²) in [5.41, 5.74) is 8.39. The number of carbonyl (C=O) groups is 1. The SMILES string of the molecule is N[C@H]1CC[C@@H](C(=O)OC2CCCc3ccccc32)C1. The van der Waals surface area contributed by atoms with Crippen molar-refractivity contribution < 1.29 is 9.53 Å². The quantitative estimate of drug-likeness (QED) is 0.831. The van der Waals surface area contributed by atoms with Gasteiger partial charge in [0.1, 0.15) is 6.10 Å². The molecule has 1 aromatic carbocycles. The summed E-state index contributed by atoms with van der Waals surface area (Å²) >= 11 is 0. The molecule has 0 amide bonds. The molecule has 3 nitrogen and oxygen atoms in total. The average molecular weight is 259 g/mol. The zero-order valence-electron chi connectivity index (χ0n) is 11.2. The minimum atomic E-state index is -0.0470. The van der Waals surface area contributed by atoms with Gasteiger partial charge in [0.2, 0.25) is 0 Å². The summed E-state index contributed by atoms with van der Waals surface area (Å²) in [5, 5.41) is 0. The Morgan fingerprint density at radius 2 is 2.05 bits per heavy atom. The minimum absolute atomic E-state index is 0.0177. The monoisotopic (exact) mass is 259 g/mol. The number of carbonyl (C=O) groups excluding carboxylic acids is 1. The highest BCUT2D eigenvalue weighted by molar-refractivity contribution is 5.73. The maximum Gasteiger partial charge on any atom is 0.309 e. The van der Waals surface area contributed by atoms with Gasteiger partial charge in [-0.25, -0.2) is 0 Å². The largest absolute Gasteiger partial charge is 0.457 e. The van der Waals surface area contributed by atoms with E-state index >= 15 is 0 Å². The van der Waals surface area contributed by atoms with Gasteiger partial charge in [-0.15, -0.1) is 0 Å². The van der Waals surface area contributed by atoms with E-state index in [1.54, 1.807) is 0 Å². The summed E-state index contributed by atoms with van der Waals surface area (Å²) in [6.45, 7) is 0. The van der Waals surface area contributed by atoms with Gasteiger partial charge in [-0.3, -0.25) is 4.79 Å². The van der Waals surface area contributed by atoms with E-state index in [4.69, 9.17) is 10.5 Å². The summed E-state index contributed by atoms with van der Waals surface area (Å²) in [6, 6.07) is 8.49. The van der Waals surface area contributed by atoms with Crippen LogP contribution in [-0.4, -0.2) is 12.0 Å². The summed E-state index contributed by atoms with van der Waals surface area (Å²) in [4.78, 5) is 12.2. The molecule has 0 saturated heterocycles. The van der Waals surface area contributed by atoms with Crippen molar-refractivity contribution in [3.05, 3.63) is 35.4 Å². The molecule has 0 heterocycles. The van der Waals surface area contributed by atoms with E-state index in [9.17, 15) is 4.79 Å². The Morgan fingerprint density at radius 1 is 1.21 bits per heavy atom. The van der Waals surface area contributed by atoms with Crippen LogP contribution < -0.4 is 5.73 Å². The number of fused-ring (bicyclic) bond motifs is 1. The highest BCUT2D eigenvalue weighted by atomic mass is 16.5. The van der Waals surface area contributed by atoms with Crippen LogP contribution in [0.25, 0.3) is 0 Å². The summed E-state index contributed by atoms with van der Waals surface area (Å²) in [6.07, 6.45) is 5.70. The lowest BCUT2D eigenvalue weighted by Crippen LogP contribution is -2.23. The van der Waals surface area contributed by atoms with Gasteiger partial charge < -0.3 is 10.5 Å². The summed E-state index contributed by atoms with van der Waals surface area (Å²) in [7, 11) is 0. The van der Waals surface area contributed by atoms with Gasteiger partial charge in [0.05, 0.1) is 5.92 Å². The van der Waals surface area contributed by atoms with Gasteiger partial charge in [0.15, 0.2) is 0 Å². The zero-order valence-corrected chi connectivity index (χ0v) is 11.2. The van der Waals surface area contributed by atoms with Crippen LogP contribution in [0.3, 0.4) is 0 Å². The molecule has 3 atom stereocenters. The fourth-order valence-electron chi connectivity index (χ4n) is 3.30. The van der Waals surface area contributed by atoms with Crippen molar-refractivity contribution in [1.29, 1.82) is 0 Å². The van der Waals surface area contributed by atoms with Crippen LogP contribution in [0.5, 0.6) is 0 Å². The molecule has 2 aliphatic rings. The zero-order chi connectivity index (χ0) is 13.2. The topological polar surface area (TPSA) is 52.3 Å². The van der Waals surface area contributed by atoms with Gasteiger partial charge in [0, 0.05) is 6.04 Å². The third-order valence-corrected chi connectivity index (χ3v) is 4.38. The van der Waals surface area contributed by atoms with Crippen LogP contribution in [0.4, 0.5) is 0 Å². The van der Waals surface area contributed by atoms with Crippen LogP contribution in [-0.2, 0) is 16.0 Å². The Labute approximate surface area is 114 Å². The molecule has 0 bridgehead atoms.